The summed E-state index contributed by atoms with van der Waals surface area (Å²) in [5.41, 5.74) is 1.82. The third-order valence-electron chi connectivity index (χ3n) is 4.85. The molecule has 4 nitrogen and oxygen atoms in total. The first-order valence-electron chi connectivity index (χ1n) is 8.95. The summed E-state index contributed by atoms with van der Waals surface area (Å²) in [6.45, 7) is 0. The molecule has 0 saturated carbocycles. The van der Waals surface area contributed by atoms with Gasteiger partial charge in [0.15, 0.2) is 0 Å². The highest BCUT2D eigenvalue weighted by molar-refractivity contribution is 9.11. The van der Waals surface area contributed by atoms with Crippen molar-refractivity contribution in [2.45, 2.75) is 6.04 Å². The third-order valence-corrected chi connectivity index (χ3v) is 6.44. The third kappa shape index (κ3) is 3.89. The lowest BCUT2D eigenvalue weighted by atomic mass is 9.95. The van der Waals surface area contributed by atoms with Gasteiger partial charge in [-0.05, 0) is 54.1 Å². The minimum atomic E-state index is -0.747. The van der Waals surface area contributed by atoms with E-state index < -0.39 is 17.7 Å². The van der Waals surface area contributed by atoms with Crippen LogP contribution in [0.1, 0.15) is 17.2 Å². The number of Topliss-reactive ketones (excluding diaryl/α,β-unsaturated/α-hetero) is 1. The van der Waals surface area contributed by atoms with Gasteiger partial charge in [0.2, 0.25) is 0 Å². The Labute approximate surface area is 198 Å². The first kappa shape index (κ1) is 21.0. The van der Waals surface area contributed by atoms with Crippen molar-refractivity contribution < 1.29 is 14.7 Å². The monoisotopic (exact) mass is 589 g/mol. The smallest absolute Gasteiger partial charge is 0.300 e. The molecule has 1 fully saturated rings. The molecule has 1 heterocycles. The molecule has 0 aromatic heterocycles. The predicted molar refractivity (Wildman–Crippen MR) is 127 cm³/mol. The van der Waals surface area contributed by atoms with Crippen molar-refractivity contribution in [3.63, 3.8) is 0 Å². The number of hydrogen-bond donors (Lipinski definition) is 1. The van der Waals surface area contributed by atoms with Gasteiger partial charge in [0, 0.05) is 24.7 Å². The maximum atomic E-state index is 13.1. The molecule has 0 bridgehead atoms. The second-order valence-electron chi connectivity index (χ2n) is 6.70. The molecule has 0 spiro atoms. The fraction of sp³-hybridized carbons (Fsp3) is 0.0435. The zero-order valence-corrected chi connectivity index (χ0v) is 20.1. The maximum absolute atomic E-state index is 13.1. The van der Waals surface area contributed by atoms with E-state index in [4.69, 9.17) is 0 Å². The second kappa shape index (κ2) is 8.49. The van der Waals surface area contributed by atoms with E-state index in [0.717, 1.165) is 19.0 Å². The normalized spacial score (nSPS) is 18.1. The standard InChI is InChI=1S/C23H14Br3NO3/c24-15-5-1-13(2-6-15)20-19(21(28)14-3-7-16(25)8-4-14)22(29)23(30)27(20)18-11-9-17(26)10-12-18/h1-12,20,28H/t20-/m1/s1. The number of rotatable bonds is 3. The van der Waals surface area contributed by atoms with Gasteiger partial charge in [0.05, 0.1) is 11.6 Å². The van der Waals surface area contributed by atoms with Crippen LogP contribution in [0.25, 0.3) is 5.76 Å². The summed E-state index contributed by atoms with van der Waals surface area (Å²) < 4.78 is 2.58. The highest BCUT2D eigenvalue weighted by Crippen LogP contribution is 2.42. The van der Waals surface area contributed by atoms with E-state index in [-0.39, 0.29) is 11.3 Å². The Kier molecular flexibility index (Phi) is 5.95. The van der Waals surface area contributed by atoms with E-state index in [9.17, 15) is 14.7 Å². The van der Waals surface area contributed by atoms with Crippen LogP contribution in [-0.2, 0) is 9.59 Å². The molecule has 150 valence electrons. The van der Waals surface area contributed by atoms with Gasteiger partial charge < -0.3 is 5.11 Å². The summed E-state index contributed by atoms with van der Waals surface area (Å²) >= 11 is 10.2. The van der Waals surface area contributed by atoms with Gasteiger partial charge in [-0.3, -0.25) is 14.5 Å². The van der Waals surface area contributed by atoms with Crippen molar-refractivity contribution in [2.24, 2.45) is 0 Å². The molecular weight excluding hydrogens is 578 g/mol. The van der Waals surface area contributed by atoms with E-state index in [1.54, 1.807) is 36.4 Å². The Morgan fingerprint density at radius 1 is 0.733 bits per heavy atom. The molecule has 1 aliphatic heterocycles. The van der Waals surface area contributed by atoms with Crippen LogP contribution in [0.2, 0.25) is 0 Å². The van der Waals surface area contributed by atoms with Crippen molar-refractivity contribution in [2.75, 3.05) is 4.90 Å². The lowest BCUT2D eigenvalue weighted by Crippen LogP contribution is -2.29. The molecule has 1 atom stereocenters. The number of aliphatic hydroxyl groups is 1. The maximum Gasteiger partial charge on any atom is 0.300 e. The van der Waals surface area contributed by atoms with E-state index in [1.165, 1.54) is 4.90 Å². The number of benzene rings is 3. The van der Waals surface area contributed by atoms with Crippen LogP contribution in [-0.4, -0.2) is 16.8 Å². The molecule has 1 aliphatic rings. The Bertz CT molecular complexity index is 1150. The molecular formula is C23H14Br3NO3. The molecule has 1 saturated heterocycles. The average molecular weight is 592 g/mol. The number of carbonyl (C=O) groups excluding carboxylic acids is 2. The van der Waals surface area contributed by atoms with Crippen molar-refractivity contribution in [1.82, 2.24) is 0 Å². The summed E-state index contributed by atoms with van der Waals surface area (Å²) in [4.78, 5) is 27.5. The van der Waals surface area contributed by atoms with Crippen molar-refractivity contribution in [3.05, 3.63) is 103 Å². The van der Waals surface area contributed by atoms with Crippen molar-refractivity contribution in [3.8, 4) is 0 Å². The number of carbonyl (C=O) groups is 2. The van der Waals surface area contributed by atoms with Crippen LogP contribution in [0.4, 0.5) is 5.69 Å². The quantitative estimate of drug-likeness (QED) is 0.212. The van der Waals surface area contributed by atoms with E-state index in [0.29, 0.717) is 11.3 Å². The highest BCUT2D eigenvalue weighted by atomic mass is 79.9. The molecule has 0 radical (unpaired) electrons. The molecule has 7 heteroatoms. The van der Waals surface area contributed by atoms with Crippen LogP contribution in [0.3, 0.4) is 0 Å². The number of ketones is 1. The van der Waals surface area contributed by atoms with Crippen LogP contribution >= 0.6 is 47.8 Å². The lowest BCUT2D eigenvalue weighted by molar-refractivity contribution is -0.132. The van der Waals surface area contributed by atoms with Crippen molar-refractivity contribution >= 4 is 70.9 Å². The summed E-state index contributed by atoms with van der Waals surface area (Å²) in [5.74, 6) is -1.59. The number of hydrogen-bond acceptors (Lipinski definition) is 3. The molecule has 0 unspecified atom stereocenters. The number of amides is 1. The molecule has 3 aromatic rings. The van der Waals surface area contributed by atoms with Gasteiger partial charge in [0.25, 0.3) is 11.7 Å². The zero-order valence-electron chi connectivity index (χ0n) is 15.4. The van der Waals surface area contributed by atoms with Crippen LogP contribution in [0.5, 0.6) is 0 Å². The van der Waals surface area contributed by atoms with Crippen molar-refractivity contribution in [1.29, 1.82) is 0 Å². The molecule has 30 heavy (non-hydrogen) atoms. The van der Waals surface area contributed by atoms with Crippen LogP contribution in [0, 0.1) is 0 Å². The zero-order chi connectivity index (χ0) is 21.4. The predicted octanol–water partition coefficient (Wildman–Crippen LogP) is 6.60. The molecule has 1 N–H and O–H groups in total. The van der Waals surface area contributed by atoms with Gasteiger partial charge in [-0.25, -0.2) is 0 Å². The van der Waals surface area contributed by atoms with Gasteiger partial charge in [-0.15, -0.1) is 0 Å². The Balaban J connectivity index is 1.93. The summed E-state index contributed by atoms with van der Waals surface area (Å²) in [7, 11) is 0. The lowest BCUT2D eigenvalue weighted by Gasteiger charge is -2.25. The fourth-order valence-electron chi connectivity index (χ4n) is 3.42. The van der Waals surface area contributed by atoms with Gasteiger partial charge in [-0.1, -0.05) is 72.1 Å². The molecule has 3 aromatic carbocycles. The summed E-state index contributed by atoms with van der Waals surface area (Å²) in [5, 5.41) is 11.0. The molecule has 4 rings (SSSR count). The Morgan fingerprint density at radius 2 is 1.20 bits per heavy atom. The number of halogens is 3. The highest BCUT2D eigenvalue weighted by Gasteiger charge is 2.46. The second-order valence-corrected chi connectivity index (χ2v) is 9.45. The first-order chi connectivity index (χ1) is 14.4. The van der Waals surface area contributed by atoms with Gasteiger partial charge in [-0.2, -0.15) is 0 Å². The van der Waals surface area contributed by atoms with E-state index >= 15 is 0 Å². The molecule has 0 aliphatic carbocycles. The van der Waals surface area contributed by atoms with Crippen LogP contribution < -0.4 is 4.90 Å². The SMILES string of the molecule is O=C1C(=O)N(c2ccc(Br)cc2)[C@H](c2ccc(Br)cc2)C1=C(O)c1ccc(Br)cc1. The van der Waals surface area contributed by atoms with Crippen LogP contribution in [0.15, 0.2) is 91.8 Å². The topological polar surface area (TPSA) is 57.6 Å². The molecule has 1 amide bonds. The Hall–Kier alpha value is -2.22. The summed E-state index contributed by atoms with van der Waals surface area (Å²) in [6, 6.07) is 20.7. The Morgan fingerprint density at radius 3 is 1.73 bits per heavy atom. The van der Waals surface area contributed by atoms with Gasteiger partial charge >= 0.3 is 0 Å². The first-order valence-corrected chi connectivity index (χ1v) is 11.3. The van der Waals surface area contributed by atoms with E-state index in [1.807, 2.05) is 36.4 Å². The number of anilines is 1. The fourth-order valence-corrected chi connectivity index (χ4v) is 4.22. The average Bonchev–Trinajstić information content (AvgIpc) is 3.00. The van der Waals surface area contributed by atoms with Gasteiger partial charge in [0.1, 0.15) is 5.76 Å². The number of aliphatic hydroxyl groups excluding tert-OH is 1. The van der Waals surface area contributed by atoms with E-state index in [2.05, 4.69) is 47.8 Å². The largest absolute Gasteiger partial charge is 0.507 e. The summed E-state index contributed by atoms with van der Waals surface area (Å²) in [6.07, 6.45) is 0. The number of nitrogens with zero attached hydrogens (tertiary/aromatic N) is 1. The minimum Gasteiger partial charge on any atom is -0.507 e. The minimum absolute atomic E-state index is 0.0626.